The molecule has 1 unspecified atom stereocenters. The molecule has 4 nitrogen and oxygen atoms in total. The Morgan fingerprint density at radius 1 is 1.33 bits per heavy atom. The van der Waals surface area contributed by atoms with Gasteiger partial charge in [0.15, 0.2) is 0 Å². The lowest BCUT2D eigenvalue weighted by Gasteiger charge is -2.09. The lowest BCUT2D eigenvalue weighted by molar-refractivity contribution is 0.340. The van der Waals surface area contributed by atoms with Gasteiger partial charge in [-0.2, -0.15) is 0 Å². The van der Waals surface area contributed by atoms with Gasteiger partial charge >= 0.3 is 0 Å². The molecule has 0 aromatic heterocycles. The van der Waals surface area contributed by atoms with E-state index in [1.807, 2.05) is 43.3 Å². The zero-order valence-corrected chi connectivity index (χ0v) is 10.9. The molecular formula is C13H15NO3S. The van der Waals surface area contributed by atoms with Crippen LogP contribution in [-0.2, 0) is 17.8 Å². The number of nitrogens with one attached hydrogen (secondary N) is 1. The van der Waals surface area contributed by atoms with Crippen LogP contribution in [0.3, 0.4) is 0 Å². The molecule has 2 aromatic carbocycles. The second-order valence-electron chi connectivity index (χ2n) is 3.80. The maximum Gasteiger partial charge on any atom is 0.232 e. The van der Waals surface area contributed by atoms with Crippen LogP contribution in [0.25, 0.3) is 10.8 Å². The van der Waals surface area contributed by atoms with Crippen molar-refractivity contribution in [2.45, 2.75) is 13.5 Å². The van der Waals surface area contributed by atoms with Crippen LogP contribution in [0.5, 0.6) is 5.75 Å². The number of hydrogen-bond donors (Lipinski definition) is 2. The molecule has 0 amide bonds. The van der Waals surface area contributed by atoms with Gasteiger partial charge in [-0.15, -0.1) is 0 Å². The molecule has 0 saturated heterocycles. The Balaban J connectivity index is 2.38. The lowest BCUT2D eigenvalue weighted by Crippen LogP contribution is -2.15. The first-order valence-corrected chi connectivity index (χ1v) is 6.80. The minimum absolute atomic E-state index is 0.343. The second kappa shape index (κ2) is 5.95. The van der Waals surface area contributed by atoms with E-state index in [9.17, 15) is 4.21 Å². The minimum Gasteiger partial charge on any atom is -0.494 e. The van der Waals surface area contributed by atoms with Gasteiger partial charge in [-0.05, 0) is 35.4 Å². The van der Waals surface area contributed by atoms with Crippen molar-refractivity contribution in [2.24, 2.45) is 0 Å². The second-order valence-corrected chi connectivity index (χ2v) is 4.59. The molecule has 0 aliphatic heterocycles. The van der Waals surface area contributed by atoms with Crippen LogP contribution in [-0.4, -0.2) is 15.4 Å². The third kappa shape index (κ3) is 3.07. The van der Waals surface area contributed by atoms with E-state index in [-0.39, 0.29) is 0 Å². The molecule has 0 bridgehead atoms. The summed E-state index contributed by atoms with van der Waals surface area (Å²) in [4.78, 5) is 0. The Hall–Kier alpha value is -1.43. The zero-order valence-electron chi connectivity index (χ0n) is 10.1. The predicted octanol–water partition coefficient (Wildman–Crippen LogP) is 2.46. The molecule has 0 aliphatic rings. The van der Waals surface area contributed by atoms with Crippen molar-refractivity contribution in [3.05, 3.63) is 42.0 Å². The summed E-state index contributed by atoms with van der Waals surface area (Å²) < 4.78 is 27.4. The lowest BCUT2D eigenvalue weighted by atomic mass is 10.0. The van der Waals surface area contributed by atoms with E-state index in [0.29, 0.717) is 13.2 Å². The normalized spacial score (nSPS) is 12.6. The summed E-state index contributed by atoms with van der Waals surface area (Å²) >= 11 is -2.00. The smallest absolute Gasteiger partial charge is 0.232 e. The molecule has 18 heavy (non-hydrogen) atoms. The standard InChI is InChI=1S/C13H15NO3S/c1-2-17-12-7-6-10-4-3-5-11(13(10)8-12)9-14-18(15)16/h3-8,14H,2,9H2,1H3,(H,15,16). The van der Waals surface area contributed by atoms with Gasteiger partial charge in [-0.25, -0.2) is 8.93 Å². The molecule has 0 heterocycles. The van der Waals surface area contributed by atoms with Gasteiger partial charge in [0, 0.05) is 6.54 Å². The Morgan fingerprint density at radius 3 is 2.89 bits per heavy atom. The van der Waals surface area contributed by atoms with Crippen molar-refractivity contribution < 1.29 is 13.5 Å². The van der Waals surface area contributed by atoms with E-state index in [1.165, 1.54) is 0 Å². The number of rotatable bonds is 5. The fraction of sp³-hybridized carbons (Fsp3) is 0.231. The molecule has 96 valence electrons. The highest BCUT2D eigenvalue weighted by molar-refractivity contribution is 7.77. The SMILES string of the molecule is CCOc1ccc2cccc(CNS(=O)O)c2c1. The number of hydrogen-bond acceptors (Lipinski definition) is 2. The van der Waals surface area contributed by atoms with Gasteiger partial charge < -0.3 is 4.74 Å². The molecule has 2 rings (SSSR count). The summed E-state index contributed by atoms with van der Waals surface area (Å²) in [6.07, 6.45) is 0. The largest absolute Gasteiger partial charge is 0.494 e. The number of ether oxygens (including phenoxy) is 1. The highest BCUT2D eigenvalue weighted by Gasteiger charge is 2.03. The van der Waals surface area contributed by atoms with E-state index in [1.54, 1.807) is 0 Å². The molecule has 1 atom stereocenters. The van der Waals surface area contributed by atoms with Crippen LogP contribution in [0.2, 0.25) is 0 Å². The Labute approximate surface area is 108 Å². The van der Waals surface area contributed by atoms with Crippen molar-refractivity contribution in [2.75, 3.05) is 6.61 Å². The monoisotopic (exact) mass is 265 g/mol. The molecule has 0 radical (unpaired) electrons. The van der Waals surface area contributed by atoms with Crippen LogP contribution in [0.1, 0.15) is 12.5 Å². The maximum absolute atomic E-state index is 10.7. The van der Waals surface area contributed by atoms with Gasteiger partial charge in [-0.3, -0.25) is 4.55 Å². The van der Waals surface area contributed by atoms with E-state index < -0.39 is 11.3 Å². The van der Waals surface area contributed by atoms with E-state index in [4.69, 9.17) is 9.29 Å². The molecule has 5 heteroatoms. The molecule has 0 spiro atoms. The average Bonchev–Trinajstić information content (AvgIpc) is 2.36. The maximum atomic E-state index is 10.7. The van der Waals surface area contributed by atoms with Crippen LogP contribution in [0.15, 0.2) is 36.4 Å². The summed E-state index contributed by atoms with van der Waals surface area (Å²) in [5, 5.41) is 2.11. The van der Waals surface area contributed by atoms with Crippen LogP contribution in [0, 0.1) is 0 Å². The molecule has 0 fully saturated rings. The summed E-state index contributed by atoms with van der Waals surface area (Å²) in [7, 11) is 0. The van der Waals surface area contributed by atoms with E-state index >= 15 is 0 Å². The first kappa shape index (κ1) is 13.0. The van der Waals surface area contributed by atoms with Crippen molar-refractivity contribution in [3.8, 4) is 5.75 Å². The molecule has 2 N–H and O–H groups in total. The van der Waals surface area contributed by atoms with Gasteiger partial charge in [0.25, 0.3) is 0 Å². The van der Waals surface area contributed by atoms with Crippen molar-refractivity contribution in [1.29, 1.82) is 0 Å². The summed E-state index contributed by atoms with van der Waals surface area (Å²) in [5.74, 6) is 0.808. The fourth-order valence-corrected chi connectivity index (χ4v) is 2.15. The number of fused-ring (bicyclic) bond motifs is 1. The number of benzene rings is 2. The summed E-state index contributed by atoms with van der Waals surface area (Å²) in [5.41, 5.74) is 0.969. The van der Waals surface area contributed by atoms with E-state index in [0.717, 1.165) is 22.1 Å². The van der Waals surface area contributed by atoms with Gasteiger partial charge in [0.05, 0.1) is 6.61 Å². The molecule has 0 saturated carbocycles. The third-order valence-electron chi connectivity index (χ3n) is 2.64. The molecule has 0 aliphatic carbocycles. The quantitative estimate of drug-likeness (QED) is 0.816. The molecule has 2 aromatic rings. The average molecular weight is 265 g/mol. The van der Waals surface area contributed by atoms with Crippen molar-refractivity contribution in [1.82, 2.24) is 4.72 Å². The first-order chi connectivity index (χ1) is 8.70. The van der Waals surface area contributed by atoms with Crippen molar-refractivity contribution >= 4 is 22.0 Å². The highest BCUT2D eigenvalue weighted by atomic mass is 32.2. The molecular weight excluding hydrogens is 250 g/mol. The van der Waals surface area contributed by atoms with Crippen molar-refractivity contribution in [3.63, 3.8) is 0 Å². The topological polar surface area (TPSA) is 58.6 Å². The van der Waals surface area contributed by atoms with Gasteiger partial charge in [-0.1, -0.05) is 24.3 Å². The minimum atomic E-state index is -2.00. The Bertz CT molecular complexity index is 571. The third-order valence-corrected chi connectivity index (χ3v) is 3.03. The summed E-state index contributed by atoms with van der Waals surface area (Å²) in [6, 6.07) is 11.7. The van der Waals surface area contributed by atoms with Gasteiger partial charge in [0.1, 0.15) is 5.75 Å². The first-order valence-electron chi connectivity index (χ1n) is 5.69. The highest BCUT2D eigenvalue weighted by Crippen LogP contribution is 2.24. The zero-order chi connectivity index (χ0) is 13.0. The van der Waals surface area contributed by atoms with Crippen LogP contribution < -0.4 is 9.46 Å². The fourth-order valence-electron chi connectivity index (χ4n) is 1.87. The Kier molecular flexibility index (Phi) is 4.30. The van der Waals surface area contributed by atoms with E-state index in [2.05, 4.69) is 4.72 Å². The summed E-state index contributed by atoms with van der Waals surface area (Å²) in [6.45, 7) is 2.90. The predicted molar refractivity (Wildman–Crippen MR) is 72.7 cm³/mol. The Morgan fingerprint density at radius 2 is 2.17 bits per heavy atom. The van der Waals surface area contributed by atoms with Crippen LogP contribution >= 0.6 is 0 Å². The van der Waals surface area contributed by atoms with Gasteiger partial charge in [0.2, 0.25) is 11.3 Å². The van der Waals surface area contributed by atoms with Crippen LogP contribution in [0.4, 0.5) is 0 Å².